The van der Waals surface area contributed by atoms with Crippen molar-refractivity contribution in [2.45, 2.75) is 32.8 Å². The van der Waals surface area contributed by atoms with Crippen LogP contribution in [0.3, 0.4) is 0 Å². The molecule has 0 saturated heterocycles. The van der Waals surface area contributed by atoms with Crippen LogP contribution < -0.4 is 4.74 Å². The van der Waals surface area contributed by atoms with Crippen LogP contribution >= 0.6 is 0 Å². The van der Waals surface area contributed by atoms with E-state index in [0.717, 1.165) is 35.4 Å². The molecule has 2 rings (SSSR count). The molecule has 2 heteroatoms. The van der Waals surface area contributed by atoms with Gasteiger partial charge in [0.05, 0.1) is 5.70 Å². The lowest BCUT2D eigenvalue weighted by molar-refractivity contribution is 0.226. The summed E-state index contributed by atoms with van der Waals surface area (Å²) in [6.07, 6.45) is 4.17. The lowest BCUT2D eigenvalue weighted by Gasteiger charge is -2.18. The number of hydrogen-bond donors (Lipinski definition) is 0. The molecule has 1 atom stereocenters. The number of rotatable bonds is 7. The van der Waals surface area contributed by atoms with Crippen LogP contribution in [0.1, 0.15) is 43.9 Å². The Morgan fingerprint density at radius 3 is 2.50 bits per heavy atom. The predicted octanol–water partition coefficient (Wildman–Crippen LogP) is 5.67. The van der Waals surface area contributed by atoms with Crippen molar-refractivity contribution in [2.24, 2.45) is 4.99 Å². The molecule has 0 aliphatic carbocycles. The Labute approximate surface area is 133 Å². The molecule has 2 aromatic rings. The Morgan fingerprint density at radius 2 is 1.82 bits per heavy atom. The molecule has 0 aliphatic heterocycles. The van der Waals surface area contributed by atoms with Crippen LogP contribution in [-0.2, 0) is 0 Å². The Bertz CT molecular complexity index is 631. The van der Waals surface area contributed by atoms with E-state index in [9.17, 15) is 0 Å². The fraction of sp³-hybridized carbons (Fsp3) is 0.250. The Kier molecular flexibility index (Phi) is 5.96. The predicted molar refractivity (Wildman–Crippen MR) is 94.4 cm³/mol. The summed E-state index contributed by atoms with van der Waals surface area (Å²) >= 11 is 0. The van der Waals surface area contributed by atoms with Crippen molar-refractivity contribution in [3.05, 3.63) is 71.8 Å². The molecule has 0 amide bonds. The zero-order chi connectivity index (χ0) is 15.8. The first-order valence-corrected chi connectivity index (χ1v) is 7.74. The molecule has 0 spiro atoms. The summed E-state index contributed by atoms with van der Waals surface area (Å²) in [6.45, 7) is 7.90. The van der Waals surface area contributed by atoms with Gasteiger partial charge in [0, 0.05) is 5.56 Å². The van der Waals surface area contributed by atoms with Gasteiger partial charge in [0.2, 0.25) is 0 Å². The third-order valence-corrected chi connectivity index (χ3v) is 3.53. The summed E-state index contributed by atoms with van der Waals surface area (Å²) in [6, 6.07) is 18.2. The SMILES string of the molecule is C=NC(=CCCC)c1ccccc1OC(C)c1ccccc1. The number of ether oxygens (including phenoxy) is 1. The zero-order valence-corrected chi connectivity index (χ0v) is 13.3. The van der Waals surface area contributed by atoms with E-state index >= 15 is 0 Å². The quantitative estimate of drug-likeness (QED) is 0.603. The third-order valence-electron chi connectivity index (χ3n) is 3.53. The number of allylic oxidation sites excluding steroid dienone is 1. The van der Waals surface area contributed by atoms with E-state index in [2.05, 4.69) is 43.8 Å². The standard InChI is InChI=1S/C20H23NO/c1-4-5-14-19(21-3)18-13-9-10-15-20(18)22-16(2)17-11-7-6-8-12-17/h6-16H,3-5H2,1-2H3. The minimum atomic E-state index is -0.0143. The molecule has 22 heavy (non-hydrogen) atoms. The highest BCUT2D eigenvalue weighted by molar-refractivity contribution is 5.72. The van der Waals surface area contributed by atoms with E-state index in [1.807, 2.05) is 42.5 Å². The molecular weight excluding hydrogens is 270 g/mol. The van der Waals surface area contributed by atoms with E-state index in [1.165, 1.54) is 0 Å². The average molecular weight is 293 g/mol. The molecule has 0 saturated carbocycles. The minimum absolute atomic E-state index is 0.0143. The molecule has 0 aromatic heterocycles. The topological polar surface area (TPSA) is 21.6 Å². The fourth-order valence-electron chi connectivity index (χ4n) is 2.30. The Morgan fingerprint density at radius 1 is 1.14 bits per heavy atom. The largest absolute Gasteiger partial charge is 0.485 e. The van der Waals surface area contributed by atoms with Crippen molar-refractivity contribution in [3.8, 4) is 5.75 Å². The lowest BCUT2D eigenvalue weighted by Crippen LogP contribution is -2.04. The van der Waals surface area contributed by atoms with E-state index in [4.69, 9.17) is 4.74 Å². The molecule has 0 bridgehead atoms. The number of aliphatic imine (C=N–C) groups is 1. The minimum Gasteiger partial charge on any atom is -0.485 e. The Balaban J connectivity index is 2.26. The van der Waals surface area contributed by atoms with Crippen molar-refractivity contribution in [1.82, 2.24) is 0 Å². The second-order valence-electron chi connectivity index (χ2n) is 5.20. The van der Waals surface area contributed by atoms with Gasteiger partial charge in [-0.3, -0.25) is 4.99 Å². The summed E-state index contributed by atoms with van der Waals surface area (Å²) in [7, 11) is 0. The number of hydrogen-bond acceptors (Lipinski definition) is 2. The van der Waals surface area contributed by atoms with Gasteiger partial charge in [0.25, 0.3) is 0 Å². The monoisotopic (exact) mass is 293 g/mol. The van der Waals surface area contributed by atoms with Gasteiger partial charge in [-0.15, -0.1) is 0 Å². The van der Waals surface area contributed by atoms with Crippen LogP contribution in [0.25, 0.3) is 5.70 Å². The second-order valence-corrected chi connectivity index (χ2v) is 5.20. The van der Waals surface area contributed by atoms with Crippen LogP contribution in [0.15, 0.2) is 65.7 Å². The molecule has 0 N–H and O–H groups in total. The highest BCUT2D eigenvalue weighted by Crippen LogP contribution is 2.30. The maximum absolute atomic E-state index is 6.17. The van der Waals surface area contributed by atoms with Crippen molar-refractivity contribution in [3.63, 3.8) is 0 Å². The summed E-state index contributed by atoms with van der Waals surface area (Å²) < 4.78 is 6.17. The molecule has 2 aromatic carbocycles. The average Bonchev–Trinajstić information content (AvgIpc) is 2.57. The Hall–Kier alpha value is -2.35. The zero-order valence-electron chi connectivity index (χ0n) is 13.3. The molecule has 0 fully saturated rings. The summed E-state index contributed by atoms with van der Waals surface area (Å²) in [5.74, 6) is 0.841. The van der Waals surface area contributed by atoms with Gasteiger partial charge in [-0.1, -0.05) is 61.9 Å². The summed E-state index contributed by atoms with van der Waals surface area (Å²) in [5.41, 5.74) is 3.04. The van der Waals surface area contributed by atoms with Crippen LogP contribution in [0, 0.1) is 0 Å². The van der Waals surface area contributed by atoms with Crippen LogP contribution in [0.5, 0.6) is 5.75 Å². The molecular formula is C20H23NO. The molecule has 0 aliphatic rings. The molecule has 1 unspecified atom stereocenters. The van der Waals surface area contributed by atoms with Gasteiger partial charge in [-0.05, 0) is 37.8 Å². The van der Waals surface area contributed by atoms with Gasteiger partial charge in [0.15, 0.2) is 0 Å². The molecule has 114 valence electrons. The molecule has 0 radical (unpaired) electrons. The molecule has 0 heterocycles. The van der Waals surface area contributed by atoms with E-state index in [-0.39, 0.29) is 6.10 Å². The van der Waals surface area contributed by atoms with E-state index < -0.39 is 0 Å². The second kappa shape index (κ2) is 8.18. The van der Waals surface area contributed by atoms with E-state index in [1.54, 1.807) is 0 Å². The third kappa shape index (κ3) is 4.08. The first kappa shape index (κ1) is 16.0. The number of para-hydroxylation sites is 1. The lowest BCUT2D eigenvalue weighted by atomic mass is 10.1. The number of unbranched alkanes of at least 4 members (excludes halogenated alkanes) is 1. The molecule has 2 nitrogen and oxygen atoms in total. The van der Waals surface area contributed by atoms with Crippen molar-refractivity contribution < 1.29 is 4.74 Å². The first-order valence-electron chi connectivity index (χ1n) is 7.74. The van der Waals surface area contributed by atoms with Crippen LogP contribution in [0.4, 0.5) is 0 Å². The maximum atomic E-state index is 6.17. The van der Waals surface area contributed by atoms with Gasteiger partial charge < -0.3 is 4.74 Å². The van der Waals surface area contributed by atoms with Gasteiger partial charge in [-0.2, -0.15) is 0 Å². The van der Waals surface area contributed by atoms with Gasteiger partial charge in [0.1, 0.15) is 11.9 Å². The first-order chi connectivity index (χ1) is 10.8. The number of benzene rings is 2. The fourth-order valence-corrected chi connectivity index (χ4v) is 2.30. The van der Waals surface area contributed by atoms with Crippen molar-refractivity contribution >= 4 is 12.4 Å². The normalized spacial score (nSPS) is 12.7. The van der Waals surface area contributed by atoms with Crippen LogP contribution in [0.2, 0.25) is 0 Å². The summed E-state index contributed by atoms with van der Waals surface area (Å²) in [5, 5.41) is 0. The highest BCUT2D eigenvalue weighted by atomic mass is 16.5. The van der Waals surface area contributed by atoms with Crippen LogP contribution in [-0.4, -0.2) is 6.72 Å². The smallest absolute Gasteiger partial charge is 0.129 e. The summed E-state index contributed by atoms with van der Waals surface area (Å²) in [4.78, 5) is 4.17. The van der Waals surface area contributed by atoms with Crippen molar-refractivity contribution in [2.75, 3.05) is 0 Å². The van der Waals surface area contributed by atoms with Crippen molar-refractivity contribution in [1.29, 1.82) is 0 Å². The number of nitrogens with zero attached hydrogens (tertiary/aromatic N) is 1. The highest BCUT2D eigenvalue weighted by Gasteiger charge is 2.12. The van der Waals surface area contributed by atoms with Gasteiger partial charge >= 0.3 is 0 Å². The van der Waals surface area contributed by atoms with E-state index in [0.29, 0.717) is 0 Å². The van der Waals surface area contributed by atoms with Gasteiger partial charge in [-0.25, -0.2) is 0 Å². The maximum Gasteiger partial charge on any atom is 0.129 e.